The first kappa shape index (κ1) is 15.6. The lowest BCUT2D eigenvalue weighted by molar-refractivity contribution is -0.118. The zero-order valence-corrected chi connectivity index (χ0v) is 11.9. The van der Waals surface area contributed by atoms with Gasteiger partial charge in [0.1, 0.15) is 0 Å². The molecule has 6 nitrogen and oxygen atoms in total. The summed E-state index contributed by atoms with van der Waals surface area (Å²) in [5, 5.41) is 0. The minimum absolute atomic E-state index is 0.116. The molecule has 0 radical (unpaired) electrons. The van der Waals surface area contributed by atoms with Crippen molar-refractivity contribution in [1.29, 1.82) is 0 Å². The molecule has 0 saturated heterocycles. The molecule has 0 fully saturated rings. The molecule has 0 aliphatic carbocycles. The first-order chi connectivity index (χ1) is 8.78. The van der Waals surface area contributed by atoms with Crippen molar-refractivity contribution in [3.05, 3.63) is 29.8 Å². The minimum atomic E-state index is -3.73. The average Bonchev–Trinajstić information content (AvgIpc) is 2.35. The smallest absolute Gasteiger partial charge is 0.243 e. The van der Waals surface area contributed by atoms with Crippen molar-refractivity contribution in [2.75, 3.05) is 13.1 Å². The molecule has 0 bridgehead atoms. The summed E-state index contributed by atoms with van der Waals surface area (Å²) in [6.07, 6.45) is 0. The fourth-order valence-electron chi connectivity index (χ4n) is 1.65. The summed E-state index contributed by atoms with van der Waals surface area (Å²) in [6, 6.07) is 6.12. The van der Waals surface area contributed by atoms with E-state index < -0.39 is 15.9 Å². The predicted molar refractivity (Wildman–Crippen MR) is 72.7 cm³/mol. The topological polar surface area (TPSA) is 106 Å². The summed E-state index contributed by atoms with van der Waals surface area (Å²) in [4.78, 5) is 11.0. The van der Waals surface area contributed by atoms with Crippen molar-refractivity contribution in [2.45, 2.75) is 24.8 Å². The number of nitrogens with two attached hydrogens (primary N) is 2. The quantitative estimate of drug-likeness (QED) is 0.778. The van der Waals surface area contributed by atoms with Gasteiger partial charge < -0.3 is 11.5 Å². The molecule has 1 rings (SSSR count). The Kier molecular flexibility index (Phi) is 5.04. The number of hydrogen-bond donors (Lipinski definition) is 2. The third kappa shape index (κ3) is 3.76. The third-order valence-corrected chi connectivity index (χ3v) is 4.62. The van der Waals surface area contributed by atoms with E-state index in [1.165, 1.54) is 12.1 Å². The van der Waals surface area contributed by atoms with E-state index in [1.54, 1.807) is 26.0 Å². The maximum Gasteiger partial charge on any atom is 0.243 e. The maximum absolute atomic E-state index is 12.4. The molecule has 0 aliphatic rings. The molecule has 1 aromatic rings. The van der Waals surface area contributed by atoms with Crippen LogP contribution in [0.4, 0.5) is 0 Å². The van der Waals surface area contributed by atoms with Crippen LogP contribution in [0.3, 0.4) is 0 Å². The van der Waals surface area contributed by atoms with Crippen molar-refractivity contribution in [1.82, 2.24) is 4.31 Å². The summed E-state index contributed by atoms with van der Waals surface area (Å²) in [5.74, 6) is -0.686. The van der Waals surface area contributed by atoms with Gasteiger partial charge in [-0.25, -0.2) is 8.42 Å². The molecule has 1 unspecified atom stereocenters. The van der Waals surface area contributed by atoms with E-state index in [-0.39, 0.29) is 24.0 Å². The second-order valence-electron chi connectivity index (χ2n) is 4.26. The van der Waals surface area contributed by atoms with Gasteiger partial charge in [-0.1, -0.05) is 19.1 Å². The van der Waals surface area contributed by atoms with Crippen LogP contribution in [0.15, 0.2) is 29.2 Å². The molecule has 0 aromatic heterocycles. The molecule has 1 atom stereocenters. The third-order valence-electron chi connectivity index (χ3n) is 2.71. The average molecular weight is 285 g/mol. The molecule has 0 heterocycles. The largest absolute Gasteiger partial charge is 0.369 e. The van der Waals surface area contributed by atoms with Crippen molar-refractivity contribution >= 4 is 15.9 Å². The predicted octanol–water partition coefficient (Wildman–Crippen LogP) is 0.202. The molecule has 0 aliphatic heterocycles. The Labute approximate surface area is 113 Å². The number of rotatable bonds is 6. The van der Waals surface area contributed by atoms with Gasteiger partial charge in [0.05, 0.1) is 11.4 Å². The number of nitrogens with zero attached hydrogens (tertiary/aromatic N) is 1. The lowest BCUT2D eigenvalue weighted by Crippen LogP contribution is -2.38. The Morgan fingerprint density at radius 2 is 2.05 bits per heavy atom. The number of carbonyl (C=O) groups excluding carboxylic acids is 1. The number of likely N-dealkylation sites (N-methyl/N-ethyl adjacent to an activating group) is 1. The lowest BCUT2D eigenvalue weighted by Gasteiger charge is -2.19. The van der Waals surface area contributed by atoms with Crippen LogP contribution in [0.1, 0.15) is 25.5 Å². The number of amides is 1. The monoisotopic (exact) mass is 285 g/mol. The Morgan fingerprint density at radius 3 is 2.53 bits per heavy atom. The Balaban J connectivity index is 3.18. The molecular formula is C12H19N3O3S. The van der Waals surface area contributed by atoms with E-state index >= 15 is 0 Å². The summed E-state index contributed by atoms with van der Waals surface area (Å²) in [5.41, 5.74) is 11.5. The van der Waals surface area contributed by atoms with Crippen molar-refractivity contribution < 1.29 is 13.2 Å². The zero-order chi connectivity index (χ0) is 14.6. The SMILES string of the molecule is CCN(CC(N)=O)S(=O)(=O)c1cccc(C(C)N)c1. The fourth-order valence-corrected chi connectivity index (χ4v) is 3.12. The normalized spacial score (nSPS) is 13.5. The second-order valence-corrected chi connectivity index (χ2v) is 6.20. The highest BCUT2D eigenvalue weighted by Crippen LogP contribution is 2.19. The van der Waals surface area contributed by atoms with Crippen molar-refractivity contribution in [3.8, 4) is 0 Å². The number of primary amides is 1. The van der Waals surface area contributed by atoms with Gasteiger partial charge in [0.2, 0.25) is 15.9 Å². The van der Waals surface area contributed by atoms with Crippen LogP contribution in [0.2, 0.25) is 0 Å². The minimum Gasteiger partial charge on any atom is -0.369 e. The van der Waals surface area contributed by atoms with Crippen LogP contribution in [-0.4, -0.2) is 31.7 Å². The summed E-state index contributed by atoms with van der Waals surface area (Å²) < 4.78 is 25.7. The molecule has 1 amide bonds. The van der Waals surface area contributed by atoms with E-state index in [1.807, 2.05) is 0 Å². The highest BCUT2D eigenvalue weighted by atomic mass is 32.2. The summed E-state index contributed by atoms with van der Waals surface area (Å²) in [6.45, 7) is 3.26. The number of sulfonamides is 1. The van der Waals surface area contributed by atoms with Crippen LogP contribution < -0.4 is 11.5 Å². The van der Waals surface area contributed by atoms with Gasteiger partial charge in [-0.2, -0.15) is 4.31 Å². The molecule has 19 heavy (non-hydrogen) atoms. The Bertz CT molecular complexity index is 555. The van der Waals surface area contributed by atoms with E-state index in [4.69, 9.17) is 11.5 Å². The van der Waals surface area contributed by atoms with Crippen molar-refractivity contribution in [2.24, 2.45) is 11.5 Å². The van der Waals surface area contributed by atoms with E-state index in [0.29, 0.717) is 0 Å². The van der Waals surface area contributed by atoms with Gasteiger partial charge in [0, 0.05) is 12.6 Å². The first-order valence-corrected chi connectivity index (χ1v) is 7.37. The highest BCUT2D eigenvalue weighted by Gasteiger charge is 2.24. The molecule has 106 valence electrons. The molecule has 4 N–H and O–H groups in total. The number of carbonyl (C=O) groups is 1. The van der Waals surface area contributed by atoms with Crippen LogP contribution in [0.25, 0.3) is 0 Å². The fraction of sp³-hybridized carbons (Fsp3) is 0.417. The highest BCUT2D eigenvalue weighted by molar-refractivity contribution is 7.89. The Morgan fingerprint density at radius 1 is 1.42 bits per heavy atom. The molecule has 7 heteroatoms. The summed E-state index contributed by atoms with van der Waals surface area (Å²) >= 11 is 0. The number of benzene rings is 1. The van der Waals surface area contributed by atoms with Crippen LogP contribution in [-0.2, 0) is 14.8 Å². The van der Waals surface area contributed by atoms with Gasteiger partial charge >= 0.3 is 0 Å². The first-order valence-electron chi connectivity index (χ1n) is 5.93. The van der Waals surface area contributed by atoms with Gasteiger partial charge in [-0.05, 0) is 24.6 Å². The molecule has 1 aromatic carbocycles. The Hall–Kier alpha value is -1.44. The number of hydrogen-bond acceptors (Lipinski definition) is 4. The second kappa shape index (κ2) is 6.14. The van der Waals surface area contributed by atoms with E-state index in [2.05, 4.69) is 0 Å². The molecule has 0 saturated carbocycles. The zero-order valence-electron chi connectivity index (χ0n) is 11.0. The van der Waals surface area contributed by atoms with Gasteiger partial charge in [-0.3, -0.25) is 4.79 Å². The van der Waals surface area contributed by atoms with E-state index in [9.17, 15) is 13.2 Å². The van der Waals surface area contributed by atoms with Crippen molar-refractivity contribution in [3.63, 3.8) is 0 Å². The molecule has 0 spiro atoms. The molecular weight excluding hydrogens is 266 g/mol. The summed E-state index contributed by atoms with van der Waals surface area (Å²) in [7, 11) is -3.73. The van der Waals surface area contributed by atoms with Gasteiger partial charge in [-0.15, -0.1) is 0 Å². The van der Waals surface area contributed by atoms with Gasteiger partial charge in [0.25, 0.3) is 0 Å². The standard InChI is InChI=1S/C12H19N3O3S/c1-3-15(8-12(14)16)19(17,18)11-6-4-5-10(7-11)9(2)13/h4-7,9H,3,8,13H2,1-2H3,(H2,14,16). The lowest BCUT2D eigenvalue weighted by atomic mass is 10.1. The van der Waals surface area contributed by atoms with Gasteiger partial charge in [0.15, 0.2) is 0 Å². The van der Waals surface area contributed by atoms with Crippen LogP contribution in [0, 0.1) is 0 Å². The maximum atomic E-state index is 12.4. The van der Waals surface area contributed by atoms with Crippen LogP contribution in [0.5, 0.6) is 0 Å². The van der Waals surface area contributed by atoms with Crippen LogP contribution >= 0.6 is 0 Å². The van der Waals surface area contributed by atoms with E-state index in [0.717, 1.165) is 9.87 Å².